The summed E-state index contributed by atoms with van der Waals surface area (Å²) in [6, 6.07) is 0. The van der Waals surface area contributed by atoms with Gasteiger partial charge in [-0.25, -0.2) is 4.98 Å². The second-order valence-corrected chi connectivity index (χ2v) is 12.4. The lowest BCUT2D eigenvalue weighted by Gasteiger charge is -2.71. The molecule has 4 rings (SSSR count). The average Bonchev–Trinajstić information content (AvgIpc) is 3.34. The number of carbonyl (C=O) groups excluding carboxylic acids is 3. The number of Topliss-reactive ketones (excluding diaryl/α,β-unsaturated/α-hetero) is 1. The van der Waals surface area contributed by atoms with E-state index in [2.05, 4.69) is 11.6 Å². The number of aryl methyl sites for hydroxylation is 1. The normalized spacial score (nSPS) is 40.9. The Balaban J connectivity index is 0.00000420. The number of ether oxygens (including phenoxy) is 3. The van der Waals surface area contributed by atoms with E-state index < -0.39 is 69.6 Å². The van der Waals surface area contributed by atoms with Gasteiger partial charge in [-0.2, -0.15) is 0 Å². The van der Waals surface area contributed by atoms with Crippen molar-refractivity contribution in [2.75, 3.05) is 0 Å². The van der Waals surface area contributed by atoms with Gasteiger partial charge in [0.2, 0.25) is 0 Å². The molecule has 1 aromatic heterocycles. The molecule has 1 aromatic rings. The van der Waals surface area contributed by atoms with Crippen molar-refractivity contribution in [3.8, 4) is 0 Å². The minimum Gasteiger partial charge on any atom is -0.458 e. The van der Waals surface area contributed by atoms with Crippen LogP contribution in [0.15, 0.2) is 31.4 Å². The van der Waals surface area contributed by atoms with E-state index in [0.29, 0.717) is 19.4 Å². The summed E-state index contributed by atoms with van der Waals surface area (Å²) in [7, 11) is 0. The maximum atomic E-state index is 14.0. The van der Waals surface area contributed by atoms with E-state index in [1.807, 2.05) is 13.8 Å². The third-order valence-electron chi connectivity index (χ3n) is 9.40. The summed E-state index contributed by atoms with van der Waals surface area (Å²) in [5.74, 6) is -2.53. The van der Waals surface area contributed by atoms with Gasteiger partial charge in [0.25, 0.3) is 0 Å². The molecule has 3 fully saturated rings. The van der Waals surface area contributed by atoms with Crippen LogP contribution in [0.4, 0.5) is 0 Å². The molecule has 3 aliphatic rings. The van der Waals surface area contributed by atoms with Crippen molar-refractivity contribution in [3.05, 3.63) is 31.4 Å². The first-order valence-electron chi connectivity index (χ1n) is 13.2. The molecule has 1 saturated heterocycles. The quantitative estimate of drug-likeness (QED) is 0.392. The molecule has 2 aliphatic carbocycles. The predicted octanol–water partition coefficient (Wildman–Crippen LogP) is 2.78. The fourth-order valence-corrected chi connectivity index (χ4v) is 7.59. The van der Waals surface area contributed by atoms with Crippen molar-refractivity contribution in [1.29, 1.82) is 0 Å². The highest BCUT2D eigenvalue weighted by molar-refractivity contribution is 5.92. The van der Waals surface area contributed by atoms with E-state index in [1.165, 1.54) is 19.9 Å². The summed E-state index contributed by atoms with van der Waals surface area (Å²) >= 11 is 0. The highest BCUT2D eigenvalue weighted by Crippen LogP contribution is 2.67. The number of aliphatic hydroxyl groups excluding tert-OH is 1. The Morgan fingerprint density at radius 1 is 1.26 bits per heavy atom. The molecule has 0 unspecified atom stereocenters. The second kappa shape index (κ2) is 10.3. The van der Waals surface area contributed by atoms with Gasteiger partial charge in [-0.05, 0) is 32.1 Å². The van der Waals surface area contributed by atoms with E-state index in [0.717, 1.165) is 0 Å². The number of carbonyl (C=O) groups is 3. The smallest absolute Gasteiger partial charge is 0.308 e. The Morgan fingerprint density at radius 2 is 1.92 bits per heavy atom. The summed E-state index contributed by atoms with van der Waals surface area (Å²) in [6.45, 7) is 14.1. The maximum absolute atomic E-state index is 14.0. The average molecular weight is 569 g/mol. The highest BCUT2D eigenvalue weighted by atomic mass is 35.5. The topological polar surface area (TPSA) is 137 Å². The Kier molecular flexibility index (Phi) is 8.24. The number of hydrogen-bond donors (Lipinski definition) is 2. The van der Waals surface area contributed by atoms with E-state index in [-0.39, 0.29) is 25.2 Å². The van der Waals surface area contributed by atoms with Gasteiger partial charge in [0.15, 0.2) is 17.5 Å². The van der Waals surface area contributed by atoms with Crippen molar-refractivity contribution in [1.82, 2.24) is 9.55 Å². The monoisotopic (exact) mass is 568 g/mol. The number of fused-ring (bicyclic) bond motifs is 3. The van der Waals surface area contributed by atoms with Crippen LogP contribution in [0.1, 0.15) is 67.2 Å². The lowest BCUT2D eigenvalue weighted by Crippen LogP contribution is -2.87. The Hall–Kier alpha value is -2.27. The van der Waals surface area contributed by atoms with Gasteiger partial charge < -0.3 is 29.0 Å². The van der Waals surface area contributed by atoms with E-state index in [1.54, 1.807) is 37.1 Å². The zero-order chi connectivity index (χ0) is 28.3. The fourth-order valence-electron chi connectivity index (χ4n) is 7.59. The third-order valence-corrected chi connectivity index (χ3v) is 9.40. The molecule has 8 atom stereocenters. The van der Waals surface area contributed by atoms with Crippen LogP contribution in [0, 0.1) is 16.7 Å². The zero-order valence-electron chi connectivity index (χ0n) is 23.5. The molecular formula is C28H41ClN2O8. The van der Waals surface area contributed by atoms with Crippen molar-refractivity contribution < 1.29 is 38.8 Å². The minimum atomic E-state index is -2.26. The number of imidazole rings is 1. The van der Waals surface area contributed by atoms with Gasteiger partial charge in [0, 0.05) is 43.6 Å². The zero-order valence-corrected chi connectivity index (χ0v) is 24.3. The first-order valence-corrected chi connectivity index (χ1v) is 13.2. The molecule has 0 radical (unpaired) electrons. The number of hydrogen-bond acceptors (Lipinski definition) is 9. The van der Waals surface area contributed by atoms with Crippen molar-refractivity contribution in [3.63, 3.8) is 0 Å². The summed E-state index contributed by atoms with van der Waals surface area (Å²) in [4.78, 5) is 43.7. The first kappa shape index (κ1) is 31.3. The number of ketones is 1. The lowest BCUT2D eigenvalue weighted by molar-refractivity contribution is -0.371. The van der Waals surface area contributed by atoms with Gasteiger partial charge in [-0.15, -0.1) is 19.0 Å². The molecule has 2 heterocycles. The molecular weight excluding hydrogens is 528 g/mol. The number of aromatic nitrogens is 2. The van der Waals surface area contributed by atoms with Gasteiger partial charge in [-0.3, -0.25) is 14.4 Å². The van der Waals surface area contributed by atoms with Crippen LogP contribution >= 0.6 is 12.4 Å². The molecule has 218 valence electrons. The molecule has 0 spiro atoms. The standard InChI is InChI=1S/C28H40N2O8.ClH/c1-8-25(5)15-19(33)28(35)26(6)18(32)9-11-24(3,4)22(26)21(23(36-17(2)31)27(28,7)38-25)37-20(34)10-13-30-14-12-29-16-30;/h8,12,14,16,18,21-23,32,35H,1,9-11,13,15H2,2-7H3;1H/t18-,21-,22-,23-,25-,26-,27+,28-;/m0./s1. The third kappa shape index (κ3) is 4.63. The van der Waals surface area contributed by atoms with E-state index >= 15 is 0 Å². The number of aliphatic hydroxyl groups is 2. The summed E-state index contributed by atoms with van der Waals surface area (Å²) in [5, 5.41) is 24.1. The lowest BCUT2D eigenvalue weighted by atomic mass is 9.39. The van der Waals surface area contributed by atoms with Gasteiger partial charge in [0.1, 0.15) is 11.7 Å². The predicted molar refractivity (Wildman–Crippen MR) is 143 cm³/mol. The Bertz CT molecular complexity index is 1120. The summed E-state index contributed by atoms with van der Waals surface area (Å²) in [5.41, 5.74) is -7.42. The molecule has 0 bridgehead atoms. The van der Waals surface area contributed by atoms with Crippen LogP contribution < -0.4 is 0 Å². The first-order chi connectivity index (χ1) is 17.6. The Labute approximate surface area is 235 Å². The number of halogens is 1. The minimum absolute atomic E-state index is 0. The molecule has 0 amide bonds. The Morgan fingerprint density at radius 3 is 2.49 bits per heavy atom. The number of rotatable bonds is 6. The molecule has 11 heteroatoms. The van der Waals surface area contributed by atoms with E-state index in [9.17, 15) is 24.6 Å². The highest BCUT2D eigenvalue weighted by Gasteiger charge is 2.82. The molecule has 0 aromatic carbocycles. The number of nitrogens with zero attached hydrogens (tertiary/aromatic N) is 2. The van der Waals surface area contributed by atoms with Gasteiger partial charge in [-0.1, -0.05) is 26.8 Å². The molecule has 2 saturated carbocycles. The van der Waals surface area contributed by atoms with Crippen LogP contribution in [-0.4, -0.2) is 72.6 Å². The van der Waals surface area contributed by atoms with Crippen molar-refractivity contribution in [2.45, 2.75) is 109 Å². The number of esters is 2. The van der Waals surface area contributed by atoms with E-state index in [4.69, 9.17) is 14.2 Å². The maximum Gasteiger partial charge on any atom is 0.308 e. The van der Waals surface area contributed by atoms with Gasteiger partial charge >= 0.3 is 11.9 Å². The SMILES string of the molecule is C=C[C@@]1(C)CC(=O)[C@]2(O)[C@@]3(C)[C@@H](O)CCC(C)(C)[C@@H]3[C@H](OC(=O)CCn3ccnc3)[C@H](OC(C)=O)[C@@]2(C)O1.Cl. The summed E-state index contributed by atoms with van der Waals surface area (Å²) < 4.78 is 20.2. The molecule has 39 heavy (non-hydrogen) atoms. The second-order valence-electron chi connectivity index (χ2n) is 12.4. The van der Waals surface area contributed by atoms with Crippen molar-refractivity contribution in [2.24, 2.45) is 16.7 Å². The van der Waals surface area contributed by atoms with Crippen LogP contribution in [0.5, 0.6) is 0 Å². The van der Waals surface area contributed by atoms with Crippen LogP contribution in [-0.2, 0) is 35.1 Å². The summed E-state index contributed by atoms with van der Waals surface area (Å²) in [6.07, 6.45) is 3.52. The van der Waals surface area contributed by atoms with Crippen LogP contribution in [0.2, 0.25) is 0 Å². The van der Waals surface area contributed by atoms with Crippen LogP contribution in [0.3, 0.4) is 0 Å². The largest absolute Gasteiger partial charge is 0.458 e. The molecule has 2 N–H and O–H groups in total. The van der Waals surface area contributed by atoms with Crippen LogP contribution in [0.25, 0.3) is 0 Å². The van der Waals surface area contributed by atoms with Gasteiger partial charge in [0.05, 0.1) is 24.5 Å². The molecule has 1 aliphatic heterocycles. The van der Waals surface area contributed by atoms with Crippen molar-refractivity contribution >= 4 is 30.1 Å². The molecule has 10 nitrogen and oxygen atoms in total. The fraction of sp³-hybridized carbons (Fsp3) is 0.714.